The summed E-state index contributed by atoms with van der Waals surface area (Å²) in [4.78, 5) is 18.9. The topological polar surface area (TPSA) is 154 Å². The van der Waals surface area contributed by atoms with Crippen LogP contribution in [0.1, 0.15) is 11.1 Å². The van der Waals surface area contributed by atoms with Gasteiger partial charge in [0.1, 0.15) is 23.3 Å². The van der Waals surface area contributed by atoms with E-state index in [1.807, 2.05) is 0 Å². The number of benzene rings is 1. The molecule has 0 aliphatic rings. The molecular weight excluding hydrogens is 232 g/mol. The quantitative estimate of drug-likeness (QED) is 0.589. The molecule has 1 aromatic rings. The molecule has 0 aromatic heterocycles. The maximum absolute atomic E-state index is 10.6. The van der Waals surface area contributed by atoms with Crippen molar-refractivity contribution >= 4 is 11.4 Å². The van der Waals surface area contributed by atoms with Crippen LogP contribution >= 0.6 is 0 Å². The van der Waals surface area contributed by atoms with E-state index in [9.17, 15) is 25.3 Å². The summed E-state index contributed by atoms with van der Waals surface area (Å²) in [5, 5.41) is 47.7. The predicted molar refractivity (Wildman–Crippen MR) is 50.8 cm³/mol. The Balaban J connectivity index is 3.84. The van der Waals surface area contributed by atoms with Crippen LogP contribution in [0.15, 0.2) is 6.07 Å². The first kappa shape index (κ1) is 11.9. The molecule has 0 bridgehead atoms. The molecule has 0 fully saturated rings. The number of hydrogen-bond donors (Lipinski definition) is 1. The first-order valence-electron chi connectivity index (χ1n) is 3.93. The van der Waals surface area contributed by atoms with E-state index in [4.69, 9.17) is 10.5 Å². The highest BCUT2D eigenvalue weighted by Crippen LogP contribution is 2.40. The maximum atomic E-state index is 10.6. The fourth-order valence-electron chi connectivity index (χ4n) is 1.19. The van der Waals surface area contributed by atoms with Crippen molar-refractivity contribution in [2.75, 3.05) is 0 Å². The van der Waals surface area contributed by atoms with Gasteiger partial charge in [-0.3, -0.25) is 20.2 Å². The molecule has 9 nitrogen and oxygen atoms in total. The molecule has 0 amide bonds. The number of nitro groups is 2. The zero-order valence-corrected chi connectivity index (χ0v) is 7.95. The van der Waals surface area contributed by atoms with Crippen LogP contribution in [0.5, 0.6) is 5.75 Å². The van der Waals surface area contributed by atoms with E-state index in [2.05, 4.69) is 0 Å². The third-order valence-corrected chi connectivity index (χ3v) is 1.85. The normalized spacial score (nSPS) is 9.06. The Morgan fingerprint density at radius 3 is 1.65 bits per heavy atom. The molecule has 0 spiro atoms. The molecule has 1 aromatic carbocycles. The highest BCUT2D eigenvalue weighted by molar-refractivity contribution is 5.72. The molecule has 0 aliphatic carbocycles. The lowest BCUT2D eigenvalue weighted by atomic mass is 10.1. The monoisotopic (exact) mass is 234 g/mol. The van der Waals surface area contributed by atoms with Gasteiger partial charge < -0.3 is 5.11 Å². The number of phenols is 1. The molecule has 0 atom stereocenters. The summed E-state index contributed by atoms with van der Waals surface area (Å²) in [6.45, 7) is 0. The molecule has 0 radical (unpaired) electrons. The Labute approximate surface area is 93.0 Å². The minimum atomic E-state index is -1.30. The zero-order valence-electron chi connectivity index (χ0n) is 7.95. The molecular formula is C8H2N4O5. The smallest absolute Gasteiger partial charge is 0.335 e. The van der Waals surface area contributed by atoms with Crippen molar-refractivity contribution in [3.8, 4) is 17.9 Å². The van der Waals surface area contributed by atoms with Gasteiger partial charge in [0.25, 0.3) is 5.75 Å². The van der Waals surface area contributed by atoms with Crippen LogP contribution in [-0.2, 0) is 0 Å². The second-order valence-corrected chi connectivity index (χ2v) is 2.76. The van der Waals surface area contributed by atoms with Crippen LogP contribution < -0.4 is 0 Å². The van der Waals surface area contributed by atoms with Gasteiger partial charge >= 0.3 is 11.4 Å². The highest BCUT2D eigenvalue weighted by Gasteiger charge is 2.33. The summed E-state index contributed by atoms with van der Waals surface area (Å²) in [6.07, 6.45) is 0. The summed E-state index contributed by atoms with van der Waals surface area (Å²) >= 11 is 0. The van der Waals surface area contributed by atoms with E-state index >= 15 is 0 Å². The molecule has 1 N–H and O–H groups in total. The number of nitrogens with zero attached hydrogens (tertiary/aromatic N) is 4. The lowest BCUT2D eigenvalue weighted by Crippen LogP contribution is -2.00. The number of aromatic hydroxyl groups is 1. The summed E-state index contributed by atoms with van der Waals surface area (Å²) in [5.41, 5.74) is -3.40. The summed E-state index contributed by atoms with van der Waals surface area (Å²) in [6, 6.07) is 3.46. The minimum Gasteiger partial charge on any atom is -0.497 e. The van der Waals surface area contributed by atoms with Crippen molar-refractivity contribution in [1.82, 2.24) is 0 Å². The van der Waals surface area contributed by atoms with Gasteiger partial charge in [0.05, 0.1) is 9.85 Å². The number of rotatable bonds is 2. The maximum Gasteiger partial charge on any atom is 0.335 e. The average molecular weight is 234 g/mol. The Morgan fingerprint density at radius 1 is 1.06 bits per heavy atom. The van der Waals surface area contributed by atoms with Crippen LogP contribution in [0.25, 0.3) is 0 Å². The number of hydrogen-bond acceptors (Lipinski definition) is 7. The molecule has 0 heterocycles. The zero-order chi connectivity index (χ0) is 13.2. The van der Waals surface area contributed by atoms with Crippen molar-refractivity contribution in [3.63, 3.8) is 0 Å². The van der Waals surface area contributed by atoms with Gasteiger partial charge in [-0.15, -0.1) is 0 Å². The van der Waals surface area contributed by atoms with Gasteiger partial charge in [-0.2, -0.15) is 10.5 Å². The number of phenolic OH excluding ortho intramolecular Hbond substituents is 1. The van der Waals surface area contributed by atoms with Crippen molar-refractivity contribution < 1.29 is 15.0 Å². The molecule has 9 heteroatoms. The SMILES string of the molecule is N#Cc1cc(C#N)c([N+](=O)[O-])c(O)c1[N+](=O)[O-]. The number of nitriles is 2. The van der Waals surface area contributed by atoms with Crippen LogP contribution in [0, 0.1) is 42.9 Å². The third-order valence-electron chi connectivity index (χ3n) is 1.85. The fraction of sp³-hybridized carbons (Fsp3) is 0. The lowest BCUT2D eigenvalue weighted by Gasteiger charge is -2.01. The van der Waals surface area contributed by atoms with E-state index in [1.165, 1.54) is 12.1 Å². The Morgan fingerprint density at radius 2 is 1.41 bits per heavy atom. The predicted octanol–water partition coefficient (Wildman–Crippen LogP) is 0.952. The molecule has 0 saturated heterocycles. The second kappa shape index (κ2) is 4.12. The molecule has 0 aliphatic heterocycles. The van der Waals surface area contributed by atoms with Crippen molar-refractivity contribution in [1.29, 1.82) is 10.5 Å². The lowest BCUT2D eigenvalue weighted by molar-refractivity contribution is -0.396. The fourth-order valence-corrected chi connectivity index (χ4v) is 1.19. The van der Waals surface area contributed by atoms with E-state index in [1.54, 1.807) is 0 Å². The average Bonchev–Trinajstić information content (AvgIpc) is 2.26. The molecule has 84 valence electrons. The van der Waals surface area contributed by atoms with Gasteiger partial charge in [0, 0.05) is 0 Å². The molecule has 0 saturated carbocycles. The highest BCUT2D eigenvalue weighted by atomic mass is 16.6. The number of nitro benzene ring substituents is 2. The van der Waals surface area contributed by atoms with Crippen molar-refractivity contribution in [2.24, 2.45) is 0 Å². The van der Waals surface area contributed by atoms with Gasteiger partial charge in [0.15, 0.2) is 0 Å². The van der Waals surface area contributed by atoms with Crippen molar-refractivity contribution in [2.45, 2.75) is 0 Å². The van der Waals surface area contributed by atoms with Gasteiger partial charge in [-0.25, -0.2) is 0 Å². The molecule has 1 rings (SSSR count). The first-order chi connectivity index (χ1) is 7.93. The standard InChI is InChI=1S/C8H2N4O5/c9-2-4-1-5(3-10)7(12(16)17)8(13)6(4)11(14)15/h1,13H. The van der Waals surface area contributed by atoms with Crippen LogP contribution in [0.4, 0.5) is 11.4 Å². The molecule has 17 heavy (non-hydrogen) atoms. The van der Waals surface area contributed by atoms with Gasteiger partial charge in [-0.1, -0.05) is 0 Å². The summed E-state index contributed by atoms with van der Waals surface area (Å²) in [5.74, 6) is -1.30. The summed E-state index contributed by atoms with van der Waals surface area (Å²) < 4.78 is 0. The Kier molecular flexibility index (Phi) is 2.88. The van der Waals surface area contributed by atoms with Crippen molar-refractivity contribution in [3.05, 3.63) is 37.4 Å². The van der Waals surface area contributed by atoms with Crippen LogP contribution in [-0.4, -0.2) is 15.0 Å². The van der Waals surface area contributed by atoms with E-state index in [0.29, 0.717) is 6.07 Å². The first-order valence-corrected chi connectivity index (χ1v) is 3.93. The van der Waals surface area contributed by atoms with E-state index < -0.39 is 38.1 Å². The third kappa shape index (κ3) is 1.80. The van der Waals surface area contributed by atoms with E-state index in [0.717, 1.165) is 0 Å². The minimum absolute atomic E-state index is 0.616. The Bertz CT molecular complexity index is 560. The second-order valence-electron chi connectivity index (χ2n) is 2.76. The van der Waals surface area contributed by atoms with Gasteiger partial charge in [-0.05, 0) is 6.07 Å². The molecule has 0 unspecified atom stereocenters. The largest absolute Gasteiger partial charge is 0.497 e. The van der Waals surface area contributed by atoms with Gasteiger partial charge in [0.2, 0.25) is 0 Å². The van der Waals surface area contributed by atoms with E-state index in [-0.39, 0.29) is 0 Å². The van der Waals surface area contributed by atoms with Crippen LogP contribution in [0.2, 0.25) is 0 Å². The Hall–Kier alpha value is -3.20. The summed E-state index contributed by atoms with van der Waals surface area (Å²) in [7, 11) is 0. The van der Waals surface area contributed by atoms with Crippen LogP contribution in [0.3, 0.4) is 0 Å².